The summed E-state index contributed by atoms with van der Waals surface area (Å²) in [6, 6.07) is 11.3. The minimum absolute atomic E-state index is 0.243. The average molecular weight is 302 g/mol. The van der Waals surface area contributed by atoms with E-state index in [9.17, 15) is 14.3 Å². The summed E-state index contributed by atoms with van der Waals surface area (Å²) in [7, 11) is 0. The van der Waals surface area contributed by atoms with Gasteiger partial charge in [0.15, 0.2) is 0 Å². The highest BCUT2D eigenvalue weighted by molar-refractivity contribution is 5.90. The summed E-state index contributed by atoms with van der Waals surface area (Å²) in [6.07, 6.45) is 0. The van der Waals surface area contributed by atoms with Gasteiger partial charge in [0.1, 0.15) is 11.4 Å². The Bertz CT molecular complexity index is 670. The van der Waals surface area contributed by atoms with Crippen LogP contribution in [0.5, 0.6) is 0 Å². The highest BCUT2D eigenvalue weighted by Gasteiger charge is 2.18. The number of ether oxygens (including phenoxy) is 1. The number of esters is 1. The van der Waals surface area contributed by atoms with Gasteiger partial charge in [-0.15, -0.1) is 0 Å². The Morgan fingerprint density at radius 3 is 2.32 bits per heavy atom. The van der Waals surface area contributed by atoms with Crippen LogP contribution >= 0.6 is 0 Å². The third-order valence-electron chi connectivity index (χ3n) is 3.11. The predicted molar refractivity (Wildman–Crippen MR) is 82.9 cm³/mol. The maximum absolute atomic E-state index is 13.7. The monoisotopic (exact) mass is 302 g/mol. The van der Waals surface area contributed by atoms with E-state index in [-0.39, 0.29) is 12.2 Å². The quantitative estimate of drug-likeness (QED) is 0.874. The molecule has 0 radical (unpaired) electrons. The first-order chi connectivity index (χ1) is 10.3. The third-order valence-corrected chi connectivity index (χ3v) is 3.11. The fourth-order valence-electron chi connectivity index (χ4n) is 2.11. The van der Waals surface area contributed by atoms with Gasteiger partial charge in [0.05, 0.1) is 12.2 Å². The van der Waals surface area contributed by atoms with Crippen molar-refractivity contribution in [3.05, 3.63) is 59.4 Å². The van der Waals surface area contributed by atoms with E-state index in [1.807, 2.05) is 0 Å². The molecule has 0 saturated heterocycles. The molecule has 0 atom stereocenters. The maximum Gasteiger partial charge on any atom is 0.338 e. The summed E-state index contributed by atoms with van der Waals surface area (Å²) < 4.78 is 19.0. The van der Waals surface area contributed by atoms with Gasteiger partial charge in [0, 0.05) is 5.56 Å². The van der Waals surface area contributed by atoms with Crippen LogP contribution in [0, 0.1) is 5.82 Å². The lowest BCUT2D eigenvalue weighted by Crippen LogP contribution is -2.23. The second-order valence-electron chi connectivity index (χ2n) is 6.00. The lowest BCUT2D eigenvalue weighted by atomic mass is 9.98. The zero-order chi connectivity index (χ0) is 16.3. The number of hydrogen-bond acceptors (Lipinski definition) is 3. The van der Waals surface area contributed by atoms with Gasteiger partial charge in [-0.2, -0.15) is 0 Å². The van der Waals surface area contributed by atoms with Crippen molar-refractivity contribution < 1.29 is 19.0 Å². The Morgan fingerprint density at radius 1 is 1.14 bits per heavy atom. The van der Waals surface area contributed by atoms with Crippen molar-refractivity contribution in [2.24, 2.45) is 0 Å². The van der Waals surface area contributed by atoms with E-state index in [1.165, 1.54) is 6.07 Å². The summed E-state index contributed by atoms with van der Waals surface area (Å²) in [5, 5.41) is 9.32. The second kappa shape index (κ2) is 6.28. The highest BCUT2D eigenvalue weighted by atomic mass is 19.1. The molecule has 0 saturated carbocycles. The summed E-state index contributed by atoms with van der Waals surface area (Å²) >= 11 is 0. The van der Waals surface area contributed by atoms with E-state index in [2.05, 4.69) is 0 Å². The summed E-state index contributed by atoms with van der Waals surface area (Å²) in [6.45, 7) is 5.04. The molecule has 4 heteroatoms. The molecule has 0 bridgehead atoms. The zero-order valence-corrected chi connectivity index (χ0v) is 12.9. The average Bonchev–Trinajstić information content (AvgIpc) is 2.45. The minimum Gasteiger partial charge on any atom is -0.456 e. The van der Waals surface area contributed by atoms with Crippen LogP contribution in [0.25, 0.3) is 11.1 Å². The van der Waals surface area contributed by atoms with Crippen LogP contribution in [0.4, 0.5) is 4.39 Å². The molecule has 0 spiro atoms. The molecule has 2 rings (SSSR count). The largest absolute Gasteiger partial charge is 0.456 e. The number of carbonyl (C=O) groups is 1. The van der Waals surface area contributed by atoms with Crippen LogP contribution in [-0.2, 0) is 11.3 Å². The van der Waals surface area contributed by atoms with Crippen LogP contribution < -0.4 is 0 Å². The molecular formula is C18H19FO3. The molecule has 2 aromatic carbocycles. The van der Waals surface area contributed by atoms with E-state index < -0.39 is 17.4 Å². The van der Waals surface area contributed by atoms with Gasteiger partial charge < -0.3 is 9.84 Å². The number of aliphatic hydroxyl groups is 1. The van der Waals surface area contributed by atoms with Crippen LogP contribution in [0.3, 0.4) is 0 Å². The normalized spacial score (nSPS) is 11.3. The van der Waals surface area contributed by atoms with E-state index >= 15 is 0 Å². The van der Waals surface area contributed by atoms with Gasteiger partial charge in [0.2, 0.25) is 0 Å². The lowest BCUT2D eigenvalue weighted by Gasteiger charge is -2.19. The van der Waals surface area contributed by atoms with Crippen molar-refractivity contribution >= 4 is 5.97 Å². The fraction of sp³-hybridized carbons (Fsp3) is 0.278. The Morgan fingerprint density at radius 2 is 1.77 bits per heavy atom. The number of hydrogen-bond donors (Lipinski definition) is 1. The highest BCUT2D eigenvalue weighted by Crippen LogP contribution is 2.26. The van der Waals surface area contributed by atoms with Crippen LogP contribution in [0.15, 0.2) is 42.5 Å². The molecule has 0 unspecified atom stereocenters. The number of aliphatic hydroxyl groups excluding tert-OH is 1. The predicted octanol–water partition coefficient (Wildman–Crippen LogP) is 3.94. The first-order valence-electron chi connectivity index (χ1n) is 7.04. The molecular weight excluding hydrogens is 283 g/mol. The Kier molecular flexibility index (Phi) is 4.62. The van der Waals surface area contributed by atoms with Crippen LogP contribution in [0.2, 0.25) is 0 Å². The molecule has 0 aliphatic rings. The summed E-state index contributed by atoms with van der Waals surface area (Å²) in [4.78, 5) is 12.0. The maximum atomic E-state index is 13.7. The smallest absolute Gasteiger partial charge is 0.338 e. The zero-order valence-electron chi connectivity index (χ0n) is 12.9. The van der Waals surface area contributed by atoms with E-state index in [1.54, 1.807) is 57.2 Å². The fourth-order valence-corrected chi connectivity index (χ4v) is 2.11. The van der Waals surface area contributed by atoms with E-state index in [4.69, 9.17) is 4.74 Å². The molecule has 0 fully saturated rings. The molecule has 116 valence electrons. The molecule has 2 aromatic rings. The number of rotatable bonds is 3. The summed E-state index contributed by atoms with van der Waals surface area (Å²) in [5.41, 5.74) is 1.46. The second-order valence-corrected chi connectivity index (χ2v) is 6.00. The molecule has 0 aliphatic carbocycles. The van der Waals surface area contributed by atoms with Crippen molar-refractivity contribution in [3.63, 3.8) is 0 Å². The number of carbonyl (C=O) groups excluding carboxylic acids is 1. The molecule has 0 amide bonds. The first kappa shape index (κ1) is 16.2. The van der Waals surface area contributed by atoms with E-state index in [0.29, 0.717) is 11.1 Å². The van der Waals surface area contributed by atoms with Crippen LogP contribution in [-0.4, -0.2) is 16.7 Å². The standard InChI is InChI=1S/C18H19FO3/c1-18(2,3)22-17(21)13-9-7-12(8-10-13)14-5-4-6-16(19)15(14)11-20/h4-10,20H,11H2,1-3H3. The van der Waals surface area contributed by atoms with Gasteiger partial charge >= 0.3 is 5.97 Å². The molecule has 1 N–H and O–H groups in total. The third kappa shape index (κ3) is 3.71. The first-order valence-corrected chi connectivity index (χ1v) is 7.04. The number of halogens is 1. The van der Waals surface area contributed by atoms with Gasteiger partial charge in [-0.05, 0) is 50.1 Å². The molecule has 0 aliphatic heterocycles. The van der Waals surface area contributed by atoms with Gasteiger partial charge in [-0.1, -0.05) is 24.3 Å². The summed E-state index contributed by atoms with van der Waals surface area (Å²) in [5.74, 6) is -0.850. The lowest BCUT2D eigenvalue weighted by molar-refractivity contribution is 0.00695. The van der Waals surface area contributed by atoms with Crippen molar-refractivity contribution in [1.29, 1.82) is 0 Å². The van der Waals surface area contributed by atoms with Gasteiger partial charge in [-0.25, -0.2) is 9.18 Å². The molecule has 0 aromatic heterocycles. The van der Waals surface area contributed by atoms with Crippen molar-refractivity contribution in [1.82, 2.24) is 0 Å². The molecule has 3 nitrogen and oxygen atoms in total. The SMILES string of the molecule is CC(C)(C)OC(=O)c1ccc(-c2cccc(F)c2CO)cc1. The van der Waals surface area contributed by atoms with Crippen molar-refractivity contribution in [2.45, 2.75) is 33.0 Å². The van der Waals surface area contributed by atoms with Crippen LogP contribution in [0.1, 0.15) is 36.7 Å². The topological polar surface area (TPSA) is 46.5 Å². The van der Waals surface area contributed by atoms with Gasteiger partial charge in [-0.3, -0.25) is 0 Å². The van der Waals surface area contributed by atoms with Gasteiger partial charge in [0.25, 0.3) is 0 Å². The molecule has 0 heterocycles. The Balaban J connectivity index is 2.30. The Labute approximate surface area is 129 Å². The molecule has 22 heavy (non-hydrogen) atoms. The Hall–Kier alpha value is -2.20. The number of benzene rings is 2. The van der Waals surface area contributed by atoms with Crippen molar-refractivity contribution in [2.75, 3.05) is 0 Å². The minimum atomic E-state index is -0.553. The van der Waals surface area contributed by atoms with E-state index in [0.717, 1.165) is 5.56 Å². The van der Waals surface area contributed by atoms with Crippen molar-refractivity contribution in [3.8, 4) is 11.1 Å².